The van der Waals surface area contributed by atoms with Gasteiger partial charge in [0.05, 0.1) is 12.5 Å². The molecule has 2 nitrogen and oxygen atoms in total. The first-order valence-corrected chi connectivity index (χ1v) is 6.95. The second kappa shape index (κ2) is 4.95. The van der Waals surface area contributed by atoms with Gasteiger partial charge in [-0.15, -0.1) is 0 Å². The number of hydrogen-bond acceptors (Lipinski definition) is 2. The van der Waals surface area contributed by atoms with Gasteiger partial charge < -0.3 is 4.74 Å². The predicted octanol–water partition coefficient (Wildman–Crippen LogP) is 3.50. The van der Waals surface area contributed by atoms with Crippen LogP contribution >= 0.6 is 11.6 Å². The van der Waals surface area contributed by atoms with Crippen LogP contribution in [0.25, 0.3) is 0 Å². The van der Waals surface area contributed by atoms with Crippen molar-refractivity contribution in [2.24, 2.45) is 0 Å². The lowest BCUT2D eigenvalue weighted by Gasteiger charge is -2.25. The Labute approximate surface area is 123 Å². The third-order valence-electron chi connectivity index (χ3n) is 4.12. The van der Waals surface area contributed by atoms with Crippen LogP contribution < -0.4 is 4.74 Å². The number of benzene rings is 2. The van der Waals surface area contributed by atoms with Gasteiger partial charge >= 0.3 is 0 Å². The highest BCUT2D eigenvalue weighted by molar-refractivity contribution is 6.65. The van der Waals surface area contributed by atoms with Crippen molar-refractivity contribution in [1.82, 2.24) is 0 Å². The van der Waals surface area contributed by atoms with Crippen molar-refractivity contribution in [1.29, 1.82) is 0 Å². The van der Waals surface area contributed by atoms with Gasteiger partial charge in [-0.05, 0) is 53.3 Å². The lowest BCUT2D eigenvalue weighted by atomic mass is 9.79. The third-order valence-corrected chi connectivity index (χ3v) is 4.48. The Morgan fingerprint density at radius 3 is 2.05 bits per heavy atom. The van der Waals surface area contributed by atoms with Gasteiger partial charge in [0, 0.05) is 0 Å². The molecule has 2 aromatic carbocycles. The molecule has 20 heavy (non-hydrogen) atoms. The molecule has 0 aromatic heterocycles. The minimum atomic E-state index is -0.641. The number of carbonyl (C=O) groups is 1. The zero-order chi connectivity index (χ0) is 14.2. The molecular formula is C17H15ClO2. The molecule has 3 rings (SSSR count). The van der Waals surface area contributed by atoms with Gasteiger partial charge in [0.1, 0.15) is 5.75 Å². The van der Waals surface area contributed by atoms with Crippen molar-refractivity contribution in [2.45, 2.75) is 18.3 Å². The van der Waals surface area contributed by atoms with Gasteiger partial charge in [0.25, 0.3) is 0 Å². The van der Waals surface area contributed by atoms with Crippen molar-refractivity contribution in [2.75, 3.05) is 7.11 Å². The molecular weight excluding hydrogens is 272 g/mol. The lowest BCUT2D eigenvalue weighted by Crippen LogP contribution is -2.33. The Kier molecular flexibility index (Phi) is 3.27. The fraction of sp³-hybridized carbons (Fsp3) is 0.235. The van der Waals surface area contributed by atoms with Gasteiger partial charge in [0.2, 0.25) is 5.24 Å². The standard InChI is InChI=1S/C17H15ClO2/c1-20-15-8-6-14(7-9-15)17(16(18)19)10-12-4-2-3-5-13(12)11-17/h2-9H,10-11H2,1H3. The summed E-state index contributed by atoms with van der Waals surface area (Å²) < 4.78 is 5.17. The largest absolute Gasteiger partial charge is 0.497 e. The molecule has 1 aliphatic rings. The molecule has 0 spiro atoms. The van der Waals surface area contributed by atoms with Gasteiger partial charge in [-0.25, -0.2) is 0 Å². The molecule has 0 aliphatic heterocycles. The molecule has 0 radical (unpaired) electrons. The summed E-state index contributed by atoms with van der Waals surface area (Å²) in [7, 11) is 1.63. The number of rotatable bonds is 3. The molecule has 3 heteroatoms. The average molecular weight is 287 g/mol. The fourth-order valence-electron chi connectivity index (χ4n) is 2.98. The van der Waals surface area contributed by atoms with Crippen molar-refractivity contribution < 1.29 is 9.53 Å². The number of methoxy groups -OCH3 is 1. The summed E-state index contributed by atoms with van der Waals surface area (Å²) in [5.74, 6) is 0.779. The van der Waals surface area contributed by atoms with Crippen LogP contribution in [0.5, 0.6) is 5.75 Å². The molecule has 0 N–H and O–H groups in total. The number of hydrogen-bond donors (Lipinski definition) is 0. The van der Waals surface area contributed by atoms with E-state index in [4.69, 9.17) is 16.3 Å². The van der Waals surface area contributed by atoms with Crippen molar-refractivity contribution in [3.05, 3.63) is 65.2 Å². The molecule has 0 bridgehead atoms. The van der Waals surface area contributed by atoms with E-state index in [2.05, 4.69) is 12.1 Å². The molecule has 0 saturated carbocycles. The molecule has 0 atom stereocenters. The van der Waals surface area contributed by atoms with E-state index in [9.17, 15) is 4.79 Å². The zero-order valence-corrected chi connectivity index (χ0v) is 12.0. The fourth-order valence-corrected chi connectivity index (χ4v) is 3.22. The summed E-state index contributed by atoms with van der Waals surface area (Å²) in [6, 6.07) is 15.8. The van der Waals surface area contributed by atoms with E-state index in [1.807, 2.05) is 36.4 Å². The third kappa shape index (κ3) is 2.01. The Bertz CT molecular complexity index is 621. The summed E-state index contributed by atoms with van der Waals surface area (Å²) in [6.07, 6.45) is 1.33. The Balaban J connectivity index is 2.04. The second-order valence-corrected chi connectivity index (χ2v) is 5.55. The molecule has 102 valence electrons. The monoisotopic (exact) mass is 286 g/mol. The van der Waals surface area contributed by atoms with Crippen LogP contribution in [0, 0.1) is 0 Å². The number of ether oxygens (including phenoxy) is 1. The quantitative estimate of drug-likeness (QED) is 0.807. The summed E-state index contributed by atoms with van der Waals surface area (Å²) in [5.41, 5.74) is 2.72. The van der Waals surface area contributed by atoms with Gasteiger partial charge in [-0.1, -0.05) is 36.4 Å². The maximum absolute atomic E-state index is 12.1. The zero-order valence-electron chi connectivity index (χ0n) is 11.2. The highest BCUT2D eigenvalue weighted by atomic mass is 35.5. The Morgan fingerprint density at radius 1 is 1.05 bits per heavy atom. The maximum atomic E-state index is 12.1. The summed E-state index contributed by atoms with van der Waals surface area (Å²) in [5, 5.41) is -0.293. The van der Waals surface area contributed by atoms with E-state index in [1.165, 1.54) is 11.1 Å². The first-order chi connectivity index (χ1) is 9.65. The van der Waals surface area contributed by atoms with Crippen LogP contribution in [-0.4, -0.2) is 12.4 Å². The molecule has 0 amide bonds. The van der Waals surface area contributed by atoms with E-state index in [0.717, 1.165) is 11.3 Å². The van der Waals surface area contributed by atoms with Crippen LogP contribution in [0.1, 0.15) is 16.7 Å². The van der Waals surface area contributed by atoms with Crippen molar-refractivity contribution in [3.63, 3.8) is 0 Å². The summed E-state index contributed by atoms with van der Waals surface area (Å²) >= 11 is 5.97. The summed E-state index contributed by atoms with van der Waals surface area (Å²) in [4.78, 5) is 12.1. The van der Waals surface area contributed by atoms with E-state index in [1.54, 1.807) is 7.11 Å². The van der Waals surface area contributed by atoms with Crippen LogP contribution in [-0.2, 0) is 23.1 Å². The van der Waals surface area contributed by atoms with E-state index in [0.29, 0.717) is 12.8 Å². The van der Waals surface area contributed by atoms with E-state index >= 15 is 0 Å². The van der Waals surface area contributed by atoms with Crippen molar-refractivity contribution >= 4 is 16.8 Å². The topological polar surface area (TPSA) is 26.3 Å². The van der Waals surface area contributed by atoms with Gasteiger partial charge in [0.15, 0.2) is 0 Å². The van der Waals surface area contributed by atoms with Crippen LogP contribution in [0.3, 0.4) is 0 Å². The average Bonchev–Trinajstić information content (AvgIpc) is 2.88. The Morgan fingerprint density at radius 2 is 1.60 bits per heavy atom. The first-order valence-electron chi connectivity index (χ1n) is 6.57. The lowest BCUT2D eigenvalue weighted by molar-refractivity contribution is -0.116. The van der Waals surface area contributed by atoms with Gasteiger partial charge in [-0.3, -0.25) is 4.79 Å². The SMILES string of the molecule is COc1ccc(C2(C(=O)Cl)Cc3ccccc3C2)cc1. The molecule has 0 unspecified atom stereocenters. The second-order valence-electron chi connectivity index (χ2n) is 5.21. The normalized spacial score (nSPS) is 15.7. The minimum absolute atomic E-state index is 0.293. The molecule has 0 heterocycles. The summed E-state index contributed by atoms with van der Waals surface area (Å²) in [6.45, 7) is 0. The van der Waals surface area contributed by atoms with E-state index in [-0.39, 0.29) is 5.24 Å². The molecule has 0 fully saturated rings. The van der Waals surface area contributed by atoms with E-state index < -0.39 is 5.41 Å². The predicted molar refractivity (Wildman–Crippen MR) is 79.4 cm³/mol. The smallest absolute Gasteiger partial charge is 0.232 e. The first kappa shape index (κ1) is 13.2. The highest BCUT2D eigenvalue weighted by Gasteiger charge is 2.44. The van der Waals surface area contributed by atoms with Crippen LogP contribution in [0.4, 0.5) is 0 Å². The Hall–Kier alpha value is -1.80. The highest BCUT2D eigenvalue weighted by Crippen LogP contribution is 2.41. The van der Waals surface area contributed by atoms with Crippen LogP contribution in [0.2, 0.25) is 0 Å². The minimum Gasteiger partial charge on any atom is -0.497 e. The maximum Gasteiger partial charge on any atom is 0.232 e. The number of halogens is 1. The number of fused-ring (bicyclic) bond motifs is 1. The van der Waals surface area contributed by atoms with Crippen molar-refractivity contribution in [3.8, 4) is 5.75 Å². The molecule has 2 aromatic rings. The van der Waals surface area contributed by atoms with Gasteiger partial charge in [-0.2, -0.15) is 0 Å². The molecule has 0 saturated heterocycles. The molecule has 1 aliphatic carbocycles. The number of carbonyl (C=O) groups excluding carboxylic acids is 1. The van der Waals surface area contributed by atoms with Crippen LogP contribution in [0.15, 0.2) is 48.5 Å².